The molecule has 0 saturated heterocycles. The van der Waals surface area contributed by atoms with Gasteiger partial charge in [-0.3, -0.25) is 9.52 Å². The number of ether oxygens (including phenoxy) is 1. The van der Waals surface area contributed by atoms with Crippen molar-refractivity contribution >= 4 is 33.0 Å². The zero-order valence-electron chi connectivity index (χ0n) is 19.1. The van der Waals surface area contributed by atoms with Gasteiger partial charge >= 0.3 is 0 Å². The lowest BCUT2D eigenvalue weighted by Gasteiger charge is -2.12. The van der Waals surface area contributed by atoms with Gasteiger partial charge in [-0.25, -0.2) is 22.2 Å². The minimum absolute atomic E-state index is 0.00299. The molecule has 0 atom stereocenters. The molecule has 0 bridgehead atoms. The maximum absolute atomic E-state index is 14.1. The van der Waals surface area contributed by atoms with E-state index < -0.39 is 26.6 Å². The van der Waals surface area contributed by atoms with Gasteiger partial charge in [0.25, 0.3) is 15.9 Å². The standard InChI is InChI=1S/C25H19F2N3O4S2/c1-30-13-16-9-14(3-5-18(16)25(30)31)21-6-7-22(35-21)15-10-20(24(34-2)28-12-15)29-36(32,33)23-8-4-17(26)11-19(23)27/h3-12,29H,13H2,1-2H3. The zero-order chi connectivity index (χ0) is 25.6. The summed E-state index contributed by atoms with van der Waals surface area (Å²) in [5, 5.41) is 0. The number of carbonyl (C=O) groups excluding carboxylic acids is 1. The van der Waals surface area contributed by atoms with E-state index in [4.69, 9.17) is 4.74 Å². The topological polar surface area (TPSA) is 88.6 Å². The van der Waals surface area contributed by atoms with Gasteiger partial charge in [-0.05, 0) is 53.6 Å². The van der Waals surface area contributed by atoms with Crippen LogP contribution in [0.2, 0.25) is 0 Å². The molecule has 0 fully saturated rings. The highest BCUT2D eigenvalue weighted by molar-refractivity contribution is 7.92. The van der Waals surface area contributed by atoms with Crippen LogP contribution >= 0.6 is 11.3 Å². The van der Waals surface area contributed by atoms with E-state index in [1.807, 2.05) is 30.3 Å². The van der Waals surface area contributed by atoms with Crippen molar-refractivity contribution in [1.29, 1.82) is 0 Å². The van der Waals surface area contributed by atoms with Crippen molar-refractivity contribution in [2.75, 3.05) is 18.9 Å². The molecule has 7 nitrogen and oxygen atoms in total. The molecule has 0 spiro atoms. The lowest BCUT2D eigenvalue weighted by atomic mass is 10.1. The third-order valence-corrected chi connectivity index (χ3v) is 8.32. The van der Waals surface area contributed by atoms with E-state index in [1.165, 1.54) is 24.5 Å². The molecule has 3 heterocycles. The number of anilines is 1. The summed E-state index contributed by atoms with van der Waals surface area (Å²) in [6.07, 6.45) is 1.54. The number of sulfonamides is 1. The first-order chi connectivity index (χ1) is 17.2. The lowest BCUT2D eigenvalue weighted by molar-refractivity contribution is 0.0816. The van der Waals surface area contributed by atoms with Crippen molar-refractivity contribution in [3.63, 3.8) is 0 Å². The number of hydrogen-bond donors (Lipinski definition) is 1. The number of fused-ring (bicyclic) bond motifs is 1. The summed E-state index contributed by atoms with van der Waals surface area (Å²) in [7, 11) is -1.29. The fraction of sp³-hybridized carbons (Fsp3) is 0.120. The van der Waals surface area contributed by atoms with Crippen LogP contribution in [0.25, 0.3) is 20.9 Å². The van der Waals surface area contributed by atoms with Crippen LogP contribution in [0.15, 0.2) is 65.7 Å². The Morgan fingerprint density at radius 1 is 1.03 bits per heavy atom. The minimum Gasteiger partial charge on any atom is -0.480 e. The molecule has 184 valence electrons. The summed E-state index contributed by atoms with van der Waals surface area (Å²) in [4.78, 5) is 19.1. The van der Waals surface area contributed by atoms with Crippen LogP contribution in [-0.2, 0) is 16.6 Å². The van der Waals surface area contributed by atoms with Gasteiger partial charge in [0.05, 0.1) is 7.11 Å². The van der Waals surface area contributed by atoms with Crippen LogP contribution in [0.1, 0.15) is 15.9 Å². The molecule has 0 saturated carbocycles. The Hall–Kier alpha value is -3.83. The third-order valence-electron chi connectivity index (χ3n) is 5.74. The van der Waals surface area contributed by atoms with Crippen LogP contribution in [-0.4, -0.2) is 38.4 Å². The zero-order valence-corrected chi connectivity index (χ0v) is 20.7. The minimum atomic E-state index is -4.38. The Bertz CT molecular complexity index is 1620. The number of hydrogen-bond acceptors (Lipinski definition) is 6. The molecule has 0 radical (unpaired) electrons. The predicted octanol–water partition coefficient (Wildman–Crippen LogP) is 5.15. The SMILES string of the molecule is COc1ncc(-c2ccc(-c3ccc4c(c3)CN(C)C4=O)s2)cc1NS(=O)(=O)c1ccc(F)cc1F. The van der Waals surface area contributed by atoms with Gasteiger partial charge < -0.3 is 9.64 Å². The largest absolute Gasteiger partial charge is 0.480 e. The van der Waals surface area contributed by atoms with Crippen LogP contribution in [0, 0.1) is 11.6 Å². The molecule has 2 aromatic heterocycles. The fourth-order valence-electron chi connectivity index (χ4n) is 3.98. The van der Waals surface area contributed by atoms with Gasteiger partial charge in [0.2, 0.25) is 5.88 Å². The number of halogens is 2. The van der Waals surface area contributed by atoms with Gasteiger partial charge in [-0.15, -0.1) is 11.3 Å². The molecule has 4 aromatic rings. The average Bonchev–Trinajstić information content (AvgIpc) is 3.43. The van der Waals surface area contributed by atoms with Crippen molar-refractivity contribution in [3.05, 3.63) is 83.6 Å². The number of thiophene rings is 1. The van der Waals surface area contributed by atoms with Crippen molar-refractivity contribution in [2.45, 2.75) is 11.4 Å². The van der Waals surface area contributed by atoms with Gasteiger partial charge in [0, 0.05) is 46.7 Å². The molecular weight excluding hydrogens is 508 g/mol. The maximum atomic E-state index is 14.1. The summed E-state index contributed by atoms with van der Waals surface area (Å²) >= 11 is 1.47. The molecule has 0 aliphatic carbocycles. The molecule has 2 aromatic carbocycles. The van der Waals surface area contributed by atoms with Crippen LogP contribution in [0.4, 0.5) is 14.5 Å². The van der Waals surface area contributed by atoms with Gasteiger partial charge in [-0.2, -0.15) is 0 Å². The Kier molecular flexibility index (Phi) is 5.97. The van der Waals surface area contributed by atoms with E-state index in [9.17, 15) is 22.0 Å². The molecule has 1 aliphatic heterocycles. The van der Waals surface area contributed by atoms with Crippen LogP contribution in [0.5, 0.6) is 5.88 Å². The van der Waals surface area contributed by atoms with E-state index >= 15 is 0 Å². The second kappa shape index (κ2) is 8.99. The second-order valence-electron chi connectivity index (χ2n) is 8.16. The number of amides is 1. The van der Waals surface area contributed by atoms with Crippen molar-refractivity contribution in [2.24, 2.45) is 0 Å². The number of methoxy groups -OCH3 is 1. The second-order valence-corrected chi connectivity index (χ2v) is 10.9. The fourth-order valence-corrected chi connectivity index (χ4v) is 6.08. The summed E-state index contributed by atoms with van der Waals surface area (Å²) in [6, 6.07) is 13.3. The predicted molar refractivity (Wildman–Crippen MR) is 133 cm³/mol. The highest BCUT2D eigenvalue weighted by Gasteiger charge is 2.25. The first-order valence-electron chi connectivity index (χ1n) is 10.7. The summed E-state index contributed by atoms with van der Waals surface area (Å²) < 4.78 is 60.4. The maximum Gasteiger partial charge on any atom is 0.264 e. The first-order valence-corrected chi connectivity index (χ1v) is 13.0. The Morgan fingerprint density at radius 2 is 1.78 bits per heavy atom. The number of pyridine rings is 1. The van der Waals surface area contributed by atoms with E-state index in [0.717, 1.165) is 33.0 Å². The summed E-state index contributed by atoms with van der Waals surface area (Å²) in [6.45, 7) is 0.556. The first kappa shape index (κ1) is 23.9. The van der Waals surface area contributed by atoms with Crippen molar-refractivity contribution < 1.29 is 26.7 Å². The number of rotatable bonds is 6. The van der Waals surface area contributed by atoms with Gasteiger partial charge in [0.15, 0.2) is 0 Å². The average molecular weight is 528 g/mol. The highest BCUT2D eigenvalue weighted by Crippen LogP contribution is 2.38. The molecular formula is C25H19F2N3O4S2. The number of carbonyl (C=O) groups is 1. The lowest BCUT2D eigenvalue weighted by Crippen LogP contribution is -2.17. The highest BCUT2D eigenvalue weighted by atomic mass is 32.2. The van der Waals surface area contributed by atoms with Crippen LogP contribution < -0.4 is 9.46 Å². The number of benzene rings is 2. The number of nitrogens with one attached hydrogen (secondary N) is 1. The quantitative estimate of drug-likeness (QED) is 0.375. The van der Waals surface area contributed by atoms with E-state index in [2.05, 4.69) is 9.71 Å². The Balaban J connectivity index is 1.46. The van der Waals surface area contributed by atoms with Crippen molar-refractivity contribution in [1.82, 2.24) is 9.88 Å². The third kappa shape index (κ3) is 4.31. The van der Waals surface area contributed by atoms with E-state index in [-0.39, 0.29) is 17.5 Å². The summed E-state index contributed by atoms with van der Waals surface area (Å²) in [5.74, 6) is -2.10. The normalized spacial score (nSPS) is 13.1. The monoisotopic (exact) mass is 527 g/mol. The number of aromatic nitrogens is 1. The molecule has 1 aliphatic rings. The van der Waals surface area contributed by atoms with Gasteiger partial charge in [0.1, 0.15) is 22.2 Å². The smallest absolute Gasteiger partial charge is 0.264 e. The molecule has 11 heteroatoms. The van der Waals surface area contributed by atoms with Gasteiger partial charge in [-0.1, -0.05) is 6.07 Å². The Morgan fingerprint density at radius 3 is 2.50 bits per heavy atom. The number of nitrogens with zero attached hydrogens (tertiary/aromatic N) is 2. The Labute approximate surface area is 210 Å². The van der Waals surface area contributed by atoms with E-state index in [0.29, 0.717) is 23.7 Å². The van der Waals surface area contributed by atoms with Crippen LogP contribution in [0.3, 0.4) is 0 Å². The summed E-state index contributed by atoms with van der Waals surface area (Å²) in [5.41, 5.74) is 3.24. The molecule has 1 N–H and O–H groups in total. The van der Waals surface area contributed by atoms with Crippen molar-refractivity contribution in [3.8, 4) is 26.8 Å². The molecule has 1 amide bonds. The molecule has 0 unspecified atom stereocenters. The van der Waals surface area contributed by atoms with E-state index in [1.54, 1.807) is 18.1 Å². The molecule has 36 heavy (non-hydrogen) atoms. The molecule has 5 rings (SSSR count).